The molecule has 0 saturated carbocycles. The predicted octanol–water partition coefficient (Wildman–Crippen LogP) is 2.44. The SMILES string of the molecule is CCCCC(CC)COC(=O)C(CC(C)c1ccc(S(=O)(=O)[O-])cc1)CC(C)(CC)C(=O)OC.[Na+]. The smallest absolute Gasteiger partial charge is 0.744 e. The molecule has 0 bridgehead atoms. The van der Waals surface area contributed by atoms with Crippen LogP contribution in [0.15, 0.2) is 29.2 Å². The maximum Gasteiger partial charge on any atom is 1.00 e. The van der Waals surface area contributed by atoms with Crippen molar-refractivity contribution in [3.8, 4) is 0 Å². The molecule has 0 saturated heterocycles. The van der Waals surface area contributed by atoms with Crippen molar-refractivity contribution in [1.29, 1.82) is 0 Å². The molecule has 0 aliphatic rings. The van der Waals surface area contributed by atoms with Gasteiger partial charge in [0.1, 0.15) is 10.1 Å². The Morgan fingerprint density at radius 2 is 1.71 bits per heavy atom. The van der Waals surface area contributed by atoms with Crippen LogP contribution < -0.4 is 29.6 Å². The second-order valence-electron chi connectivity index (χ2n) is 9.51. The summed E-state index contributed by atoms with van der Waals surface area (Å²) in [6.07, 6.45) is 5.33. The summed E-state index contributed by atoms with van der Waals surface area (Å²) in [5, 5.41) is 0. The molecule has 4 unspecified atom stereocenters. The number of esters is 2. The van der Waals surface area contributed by atoms with Gasteiger partial charge in [0.05, 0.1) is 29.9 Å². The number of rotatable bonds is 15. The van der Waals surface area contributed by atoms with Crippen molar-refractivity contribution in [3.63, 3.8) is 0 Å². The van der Waals surface area contributed by atoms with E-state index in [0.717, 1.165) is 31.2 Å². The number of unbranched alkanes of at least 4 members (excludes halogenated alkanes) is 1. The van der Waals surface area contributed by atoms with Gasteiger partial charge in [-0.25, -0.2) is 8.42 Å². The van der Waals surface area contributed by atoms with Crippen LogP contribution in [0.2, 0.25) is 0 Å². The summed E-state index contributed by atoms with van der Waals surface area (Å²) in [7, 11) is -3.18. The van der Waals surface area contributed by atoms with E-state index in [-0.39, 0.29) is 58.7 Å². The molecule has 0 amide bonds. The largest absolute Gasteiger partial charge is 1.00 e. The zero-order valence-corrected chi connectivity index (χ0v) is 25.3. The number of methoxy groups -OCH3 is 1. The molecule has 0 heterocycles. The van der Waals surface area contributed by atoms with Gasteiger partial charge in [0.2, 0.25) is 0 Å². The number of ether oxygens (including phenoxy) is 2. The minimum atomic E-state index is -4.52. The van der Waals surface area contributed by atoms with E-state index < -0.39 is 21.5 Å². The van der Waals surface area contributed by atoms with E-state index >= 15 is 0 Å². The Bertz CT molecular complexity index is 885. The van der Waals surface area contributed by atoms with Crippen molar-refractivity contribution in [2.45, 2.75) is 90.4 Å². The van der Waals surface area contributed by atoms with E-state index in [2.05, 4.69) is 13.8 Å². The molecule has 1 aromatic rings. The molecule has 0 aliphatic carbocycles. The molecule has 9 heteroatoms. The molecule has 1 aromatic carbocycles. The minimum Gasteiger partial charge on any atom is -0.744 e. The fourth-order valence-electron chi connectivity index (χ4n) is 4.17. The fraction of sp³-hybridized carbons (Fsp3) is 0.692. The monoisotopic (exact) mass is 520 g/mol. The van der Waals surface area contributed by atoms with Crippen LogP contribution in [0.5, 0.6) is 0 Å². The Morgan fingerprint density at radius 1 is 1.11 bits per heavy atom. The Kier molecular flexibility index (Phi) is 15.6. The van der Waals surface area contributed by atoms with Crippen molar-refractivity contribution in [2.75, 3.05) is 13.7 Å². The van der Waals surface area contributed by atoms with E-state index in [1.165, 1.54) is 19.2 Å². The van der Waals surface area contributed by atoms with Crippen molar-refractivity contribution in [3.05, 3.63) is 29.8 Å². The molecule has 35 heavy (non-hydrogen) atoms. The van der Waals surface area contributed by atoms with Gasteiger partial charge >= 0.3 is 41.5 Å². The number of benzene rings is 1. The van der Waals surface area contributed by atoms with Crippen LogP contribution in [0.3, 0.4) is 0 Å². The first-order valence-corrected chi connectivity index (χ1v) is 13.6. The zero-order chi connectivity index (χ0) is 25.9. The molecule has 0 fully saturated rings. The first-order chi connectivity index (χ1) is 15.9. The summed E-state index contributed by atoms with van der Waals surface area (Å²) in [4.78, 5) is 25.4. The molecule has 7 nitrogen and oxygen atoms in total. The van der Waals surface area contributed by atoms with E-state index in [9.17, 15) is 22.6 Å². The van der Waals surface area contributed by atoms with Crippen LogP contribution in [0.4, 0.5) is 0 Å². The number of carbonyl (C=O) groups excluding carboxylic acids is 2. The molecule has 0 radical (unpaired) electrons. The Balaban J connectivity index is 0.0000116. The van der Waals surface area contributed by atoms with Crippen molar-refractivity contribution in [1.82, 2.24) is 0 Å². The van der Waals surface area contributed by atoms with Gasteiger partial charge in [-0.1, -0.05) is 59.1 Å². The maximum absolute atomic E-state index is 13.2. The van der Waals surface area contributed by atoms with Gasteiger partial charge in [-0.2, -0.15) is 0 Å². The average molecular weight is 521 g/mol. The molecular weight excluding hydrogens is 479 g/mol. The third-order valence-corrected chi connectivity index (χ3v) is 7.72. The first-order valence-electron chi connectivity index (χ1n) is 12.2. The number of hydrogen-bond acceptors (Lipinski definition) is 7. The molecule has 0 spiro atoms. The van der Waals surface area contributed by atoms with Crippen molar-refractivity contribution in [2.24, 2.45) is 17.3 Å². The topological polar surface area (TPSA) is 110 Å². The standard InChI is InChI=1S/C26H42O7S.Na/c1-7-10-11-20(8-2)18-33-24(27)22(17-26(5,9-3)25(28)32-6)16-19(4)21-12-14-23(15-13-21)34(29,30)31;/h12-15,19-20,22H,7-11,16-18H2,1-6H3,(H,29,30,31);/q;+1/p-1. The van der Waals surface area contributed by atoms with Gasteiger partial charge in [-0.3, -0.25) is 9.59 Å². The van der Waals surface area contributed by atoms with Crippen LogP contribution in [0.25, 0.3) is 0 Å². The molecule has 1 rings (SSSR count). The Morgan fingerprint density at radius 3 is 2.17 bits per heavy atom. The molecule has 0 aliphatic heterocycles. The third kappa shape index (κ3) is 10.9. The van der Waals surface area contributed by atoms with E-state index in [1.807, 2.05) is 13.8 Å². The van der Waals surface area contributed by atoms with Crippen molar-refractivity contribution < 1.29 is 61.6 Å². The van der Waals surface area contributed by atoms with E-state index in [4.69, 9.17) is 9.47 Å². The van der Waals surface area contributed by atoms with Gasteiger partial charge in [0.25, 0.3) is 0 Å². The van der Waals surface area contributed by atoms with Gasteiger partial charge in [-0.05, 0) is 62.1 Å². The van der Waals surface area contributed by atoms with Gasteiger partial charge in [0, 0.05) is 0 Å². The summed E-state index contributed by atoms with van der Waals surface area (Å²) >= 11 is 0. The quantitative estimate of drug-likeness (QED) is 0.198. The Labute approximate surface area is 233 Å². The fourth-order valence-corrected chi connectivity index (χ4v) is 4.64. The van der Waals surface area contributed by atoms with E-state index in [1.54, 1.807) is 19.1 Å². The van der Waals surface area contributed by atoms with Crippen LogP contribution in [0.1, 0.15) is 91.0 Å². The van der Waals surface area contributed by atoms with E-state index in [0.29, 0.717) is 25.4 Å². The second kappa shape index (κ2) is 16.0. The summed E-state index contributed by atoms with van der Waals surface area (Å²) in [5.74, 6) is -1.04. The third-order valence-electron chi connectivity index (χ3n) is 6.87. The molecule has 0 N–H and O–H groups in total. The number of carbonyl (C=O) groups is 2. The predicted molar refractivity (Wildman–Crippen MR) is 130 cm³/mol. The summed E-state index contributed by atoms with van der Waals surface area (Å²) in [5.41, 5.74) is -0.0266. The normalized spacial score (nSPS) is 15.7. The van der Waals surface area contributed by atoms with Gasteiger partial charge in [-0.15, -0.1) is 0 Å². The van der Waals surface area contributed by atoms with Gasteiger partial charge in [0.15, 0.2) is 0 Å². The molecule has 194 valence electrons. The molecule has 4 atom stereocenters. The average Bonchev–Trinajstić information content (AvgIpc) is 2.82. The molecule has 0 aromatic heterocycles. The maximum atomic E-state index is 13.2. The summed E-state index contributed by atoms with van der Waals surface area (Å²) in [6, 6.07) is 5.75. The zero-order valence-electron chi connectivity index (χ0n) is 22.5. The minimum absolute atomic E-state index is 0. The molecular formula is C26H41NaO7S. The first kappa shape index (κ1) is 34.1. The van der Waals surface area contributed by atoms with Gasteiger partial charge < -0.3 is 14.0 Å². The van der Waals surface area contributed by atoms with Crippen LogP contribution in [-0.2, 0) is 29.2 Å². The van der Waals surface area contributed by atoms with Crippen LogP contribution >= 0.6 is 0 Å². The van der Waals surface area contributed by atoms with Crippen LogP contribution in [-0.4, -0.2) is 38.6 Å². The summed E-state index contributed by atoms with van der Waals surface area (Å²) in [6.45, 7) is 10.2. The second-order valence-corrected chi connectivity index (χ2v) is 10.9. The van der Waals surface area contributed by atoms with Crippen LogP contribution in [0, 0.1) is 17.3 Å². The number of hydrogen-bond donors (Lipinski definition) is 0. The van der Waals surface area contributed by atoms with Crippen molar-refractivity contribution >= 4 is 22.1 Å². The Hall–Kier alpha value is -0.930. The summed E-state index contributed by atoms with van der Waals surface area (Å²) < 4.78 is 44.4.